The van der Waals surface area contributed by atoms with Gasteiger partial charge in [-0.15, -0.1) is 10.2 Å². The highest BCUT2D eigenvalue weighted by atomic mass is 16.5. The maximum absolute atomic E-state index is 13.1. The molecule has 2 aromatic heterocycles. The number of aromatic nitrogens is 3. The van der Waals surface area contributed by atoms with E-state index in [1.807, 2.05) is 12.1 Å². The minimum absolute atomic E-state index is 0.00889. The minimum Gasteiger partial charge on any atom is -0.484 e. The van der Waals surface area contributed by atoms with Gasteiger partial charge in [-0.1, -0.05) is 51.1 Å². The van der Waals surface area contributed by atoms with Crippen LogP contribution in [0.5, 0.6) is 5.75 Å². The Morgan fingerprint density at radius 1 is 1.06 bits per heavy atom. The van der Waals surface area contributed by atoms with Gasteiger partial charge >= 0.3 is 0 Å². The molecule has 3 heterocycles. The normalized spacial score (nSPS) is 21.7. The first-order valence-corrected chi connectivity index (χ1v) is 17.3. The Balaban J connectivity index is 1.10. The molecule has 1 N–H and O–H groups in total. The van der Waals surface area contributed by atoms with Crippen LogP contribution in [0.4, 0.5) is 5.69 Å². The number of nitrogens with zero attached hydrogens (tertiary/aromatic N) is 5. The zero-order valence-corrected chi connectivity index (χ0v) is 29.3. The molecular weight excluding hydrogens is 584 g/mol. The maximum atomic E-state index is 13.1. The molecule has 0 saturated carbocycles. The van der Waals surface area contributed by atoms with E-state index in [1.54, 1.807) is 0 Å². The highest BCUT2D eigenvalue weighted by Gasteiger charge is 2.39. The fourth-order valence-electron chi connectivity index (χ4n) is 7.50. The Morgan fingerprint density at radius 3 is 2.57 bits per heavy atom. The van der Waals surface area contributed by atoms with E-state index in [-0.39, 0.29) is 23.0 Å². The molecule has 4 aromatic rings. The van der Waals surface area contributed by atoms with E-state index in [9.17, 15) is 4.79 Å². The predicted octanol–water partition coefficient (Wildman–Crippen LogP) is 7.84. The number of fused-ring (bicyclic) bond motifs is 2. The number of hydrogen-bond acceptors (Lipinski definition) is 6. The Labute approximate surface area is 280 Å². The summed E-state index contributed by atoms with van der Waals surface area (Å²) in [5.74, 6) is 2.31. The minimum atomic E-state index is -0.134. The fourth-order valence-corrected chi connectivity index (χ4v) is 7.50. The van der Waals surface area contributed by atoms with Crippen molar-refractivity contribution in [2.45, 2.75) is 102 Å². The highest BCUT2D eigenvalue weighted by molar-refractivity contribution is 5.90. The molecular formula is C39H52N6O2. The summed E-state index contributed by atoms with van der Waals surface area (Å²) in [7, 11) is 6.32. The van der Waals surface area contributed by atoms with Crippen LogP contribution in [-0.4, -0.2) is 58.0 Å². The Kier molecular flexibility index (Phi) is 9.45. The van der Waals surface area contributed by atoms with E-state index < -0.39 is 0 Å². The molecule has 250 valence electrons. The zero-order valence-electron chi connectivity index (χ0n) is 29.3. The summed E-state index contributed by atoms with van der Waals surface area (Å²) in [6.07, 6.45) is 8.59. The third-order valence-electron chi connectivity index (χ3n) is 10.3. The van der Waals surface area contributed by atoms with Crippen molar-refractivity contribution >= 4 is 17.2 Å². The molecule has 0 spiro atoms. The number of benzene rings is 2. The summed E-state index contributed by atoms with van der Waals surface area (Å²) >= 11 is 0. The second-order valence-electron chi connectivity index (χ2n) is 15.3. The summed E-state index contributed by atoms with van der Waals surface area (Å²) in [6, 6.07) is 19.2. The number of nitrogens with one attached hydrogen (secondary N) is 1. The summed E-state index contributed by atoms with van der Waals surface area (Å²) in [5, 5.41) is 12.3. The Bertz CT molecular complexity index is 1720. The van der Waals surface area contributed by atoms with E-state index in [1.165, 1.54) is 22.3 Å². The standard InChI is InChI=1S/C39H52N6O2/c1-38(2,3)29-22-27(25-43(5)6)23-30(24-29)40-36(46)15-10-12-28-16-18-34(33-14-9-8-13-32(28)33)47-31-17-19-35-41-42-37(45(35)26-31)39(4)20-11-21-44(39)7/h8-9,13-14,17,19,22-24,26,28,34H,10-12,15-16,18,20-21,25H2,1-7H3,(H,40,46)/t28-,34+,39-/m0/s1. The average Bonchev–Trinajstić information content (AvgIpc) is 3.60. The van der Waals surface area contributed by atoms with Gasteiger partial charge in [0.05, 0.1) is 11.7 Å². The second kappa shape index (κ2) is 13.4. The lowest BCUT2D eigenvalue weighted by atomic mass is 9.79. The molecule has 1 aliphatic carbocycles. The van der Waals surface area contributed by atoms with Crippen LogP contribution in [0, 0.1) is 0 Å². The quantitative estimate of drug-likeness (QED) is 0.191. The lowest BCUT2D eigenvalue weighted by Crippen LogP contribution is -2.37. The monoisotopic (exact) mass is 636 g/mol. The number of likely N-dealkylation sites (tertiary alicyclic amines) is 1. The number of anilines is 1. The van der Waals surface area contributed by atoms with Gasteiger partial charge in [0.15, 0.2) is 11.5 Å². The van der Waals surface area contributed by atoms with Crippen LogP contribution >= 0.6 is 0 Å². The van der Waals surface area contributed by atoms with Crippen LogP contribution in [0.2, 0.25) is 0 Å². The van der Waals surface area contributed by atoms with Crippen molar-refractivity contribution in [1.29, 1.82) is 0 Å². The van der Waals surface area contributed by atoms with E-state index >= 15 is 0 Å². The molecule has 8 heteroatoms. The van der Waals surface area contributed by atoms with Crippen molar-refractivity contribution in [2.24, 2.45) is 0 Å². The molecule has 1 amide bonds. The van der Waals surface area contributed by atoms with Gasteiger partial charge in [0.1, 0.15) is 11.9 Å². The van der Waals surface area contributed by atoms with Gasteiger partial charge in [-0.05, 0) is 131 Å². The Hall–Kier alpha value is -3.75. The van der Waals surface area contributed by atoms with Crippen molar-refractivity contribution in [3.63, 3.8) is 0 Å². The maximum Gasteiger partial charge on any atom is 0.224 e. The van der Waals surface area contributed by atoms with Crippen LogP contribution in [0.25, 0.3) is 5.65 Å². The summed E-state index contributed by atoms with van der Waals surface area (Å²) < 4.78 is 8.82. The number of pyridine rings is 1. The van der Waals surface area contributed by atoms with Crippen LogP contribution in [0.3, 0.4) is 0 Å². The zero-order chi connectivity index (χ0) is 33.3. The van der Waals surface area contributed by atoms with Crippen molar-refractivity contribution in [1.82, 2.24) is 24.4 Å². The van der Waals surface area contributed by atoms with Crippen LogP contribution in [0.15, 0.2) is 60.8 Å². The molecule has 1 fully saturated rings. The van der Waals surface area contributed by atoms with Crippen LogP contribution in [0.1, 0.15) is 113 Å². The van der Waals surface area contributed by atoms with Crippen molar-refractivity contribution in [2.75, 3.05) is 33.0 Å². The average molecular weight is 637 g/mol. The molecule has 1 saturated heterocycles. The molecule has 47 heavy (non-hydrogen) atoms. The number of carbonyl (C=O) groups excluding carboxylic acids is 1. The second-order valence-corrected chi connectivity index (χ2v) is 15.3. The number of carbonyl (C=O) groups is 1. The fraction of sp³-hybridized carbons (Fsp3) is 0.513. The molecule has 1 aliphatic heterocycles. The van der Waals surface area contributed by atoms with Gasteiger partial charge in [-0.2, -0.15) is 0 Å². The summed E-state index contributed by atoms with van der Waals surface area (Å²) in [5.41, 5.74) is 6.67. The molecule has 0 bridgehead atoms. The molecule has 0 radical (unpaired) electrons. The van der Waals surface area contributed by atoms with Crippen LogP contribution in [-0.2, 0) is 22.3 Å². The number of rotatable bonds is 10. The first kappa shape index (κ1) is 33.2. The van der Waals surface area contributed by atoms with E-state index in [4.69, 9.17) is 4.74 Å². The molecule has 3 atom stereocenters. The van der Waals surface area contributed by atoms with Gasteiger partial charge in [0, 0.05) is 18.7 Å². The first-order valence-electron chi connectivity index (χ1n) is 17.3. The SMILES string of the molecule is CN(C)Cc1cc(NC(=O)CCC[C@H]2CC[C@@H](Oc3ccc4nnc([C@]5(C)CCCN5C)n4c3)c3ccccc32)cc(C(C)(C)C)c1. The van der Waals surface area contributed by atoms with Gasteiger partial charge in [-0.25, -0.2) is 0 Å². The van der Waals surface area contributed by atoms with Gasteiger partial charge < -0.3 is 15.0 Å². The largest absolute Gasteiger partial charge is 0.484 e. The topological polar surface area (TPSA) is 75.0 Å². The molecule has 8 nitrogen and oxygen atoms in total. The van der Waals surface area contributed by atoms with Crippen molar-refractivity contribution in [3.8, 4) is 5.75 Å². The first-order chi connectivity index (χ1) is 22.4. The lowest BCUT2D eigenvalue weighted by Gasteiger charge is -2.32. The van der Waals surface area contributed by atoms with Gasteiger partial charge in [-0.3, -0.25) is 14.1 Å². The summed E-state index contributed by atoms with van der Waals surface area (Å²) in [4.78, 5) is 17.7. The van der Waals surface area contributed by atoms with E-state index in [2.05, 4.69) is 127 Å². The van der Waals surface area contributed by atoms with Crippen molar-refractivity contribution in [3.05, 3.63) is 88.9 Å². The lowest BCUT2D eigenvalue weighted by molar-refractivity contribution is -0.116. The van der Waals surface area contributed by atoms with Crippen LogP contribution < -0.4 is 10.1 Å². The summed E-state index contributed by atoms with van der Waals surface area (Å²) in [6.45, 7) is 10.8. The smallest absolute Gasteiger partial charge is 0.224 e. The number of ether oxygens (including phenoxy) is 1. The van der Waals surface area contributed by atoms with E-state index in [0.717, 1.165) is 74.5 Å². The molecule has 6 rings (SSSR count). The molecule has 0 unspecified atom stereocenters. The number of amides is 1. The number of hydrogen-bond donors (Lipinski definition) is 1. The van der Waals surface area contributed by atoms with Gasteiger partial charge in [0.25, 0.3) is 0 Å². The Morgan fingerprint density at radius 2 is 1.85 bits per heavy atom. The third-order valence-corrected chi connectivity index (χ3v) is 10.3. The van der Waals surface area contributed by atoms with E-state index in [0.29, 0.717) is 12.3 Å². The molecule has 2 aromatic carbocycles. The molecule has 2 aliphatic rings. The predicted molar refractivity (Wildman–Crippen MR) is 189 cm³/mol. The van der Waals surface area contributed by atoms with Gasteiger partial charge in [0.2, 0.25) is 5.91 Å². The van der Waals surface area contributed by atoms with Crippen molar-refractivity contribution < 1.29 is 9.53 Å². The highest BCUT2D eigenvalue weighted by Crippen LogP contribution is 2.42. The third kappa shape index (κ3) is 7.24.